The van der Waals surface area contributed by atoms with Crippen molar-refractivity contribution < 1.29 is 34.4 Å². The Morgan fingerprint density at radius 1 is 1.00 bits per heavy atom. The number of rotatable bonds is 10. The second-order valence-corrected chi connectivity index (χ2v) is 11.8. The highest BCUT2D eigenvalue weighted by Crippen LogP contribution is 2.40. The molecule has 2 fully saturated rings. The molecule has 4 rings (SSSR count). The van der Waals surface area contributed by atoms with Crippen LogP contribution < -0.4 is 15.0 Å². The molecule has 1 amide bonds. The molecule has 224 valence electrons. The Labute approximate surface area is 254 Å². The van der Waals surface area contributed by atoms with Gasteiger partial charge in [0.2, 0.25) is 0 Å². The summed E-state index contributed by atoms with van der Waals surface area (Å²) in [6.45, 7) is 5.04. The van der Waals surface area contributed by atoms with Crippen LogP contribution in [0.3, 0.4) is 0 Å². The van der Waals surface area contributed by atoms with Crippen molar-refractivity contribution in [2.75, 3.05) is 25.1 Å². The summed E-state index contributed by atoms with van der Waals surface area (Å²) < 4.78 is 6.80. The third kappa shape index (κ3) is 9.57. The lowest BCUT2D eigenvalue weighted by atomic mass is 9.81. The molecule has 2 saturated heterocycles. The van der Waals surface area contributed by atoms with Crippen molar-refractivity contribution >= 4 is 46.3 Å². The zero-order valence-corrected chi connectivity index (χ0v) is 25.7. The largest absolute Gasteiger partial charge is 0.495 e. The molecule has 4 N–H and O–H groups in total. The number of aliphatic carboxylic acids is 2. The van der Waals surface area contributed by atoms with Gasteiger partial charge in [-0.2, -0.15) is 0 Å². The lowest BCUT2D eigenvalue weighted by Crippen LogP contribution is -2.58. The molecule has 2 unspecified atom stereocenters. The minimum atomic E-state index is -1.82. The second kappa shape index (κ2) is 15.9. The number of halogens is 1. The summed E-state index contributed by atoms with van der Waals surface area (Å²) in [5.74, 6) is -3.02. The highest BCUT2D eigenvalue weighted by atomic mass is 127. The SMILES string of the molecule is COc1ccc(C)cc1N(C(=O)O)C1CC2CCCC(C1)N2CCCCNCc1ccc(I)cc1.O=C(O)C(=O)O. The Hall–Kier alpha value is -2.90. The van der Waals surface area contributed by atoms with Gasteiger partial charge in [-0.05, 0) is 117 Å². The lowest BCUT2D eigenvalue weighted by Gasteiger charge is -2.50. The highest BCUT2D eigenvalue weighted by Gasteiger charge is 2.42. The maximum Gasteiger partial charge on any atom is 0.414 e. The van der Waals surface area contributed by atoms with E-state index in [9.17, 15) is 9.90 Å². The molecule has 2 atom stereocenters. The summed E-state index contributed by atoms with van der Waals surface area (Å²) in [5.41, 5.74) is 3.05. The van der Waals surface area contributed by atoms with Gasteiger partial charge in [-0.25, -0.2) is 14.4 Å². The number of hydrogen-bond acceptors (Lipinski definition) is 6. The van der Waals surface area contributed by atoms with E-state index >= 15 is 0 Å². The van der Waals surface area contributed by atoms with Crippen LogP contribution in [-0.4, -0.2) is 76.6 Å². The first-order valence-corrected chi connectivity index (χ1v) is 15.0. The minimum Gasteiger partial charge on any atom is -0.495 e. The number of aryl methyl sites for hydroxylation is 1. The Kier molecular flexibility index (Phi) is 12.7. The van der Waals surface area contributed by atoms with Gasteiger partial charge in [0.25, 0.3) is 0 Å². The van der Waals surface area contributed by atoms with Gasteiger partial charge in [0, 0.05) is 28.2 Å². The molecule has 10 nitrogen and oxygen atoms in total. The Bertz CT molecular complexity index is 1150. The number of fused-ring (bicyclic) bond motifs is 2. The number of carbonyl (C=O) groups is 3. The van der Waals surface area contributed by atoms with Crippen LogP contribution in [0.25, 0.3) is 0 Å². The fraction of sp³-hybridized carbons (Fsp3) is 0.500. The summed E-state index contributed by atoms with van der Waals surface area (Å²) in [6, 6.07) is 15.4. The molecule has 0 spiro atoms. The van der Waals surface area contributed by atoms with Crippen LogP contribution in [0.5, 0.6) is 5.75 Å². The van der Waals surface area contributed by atoms with Crippen LogP contribution in [0.1, 0.15) is 56.1 Å². The molecule has 0 radical (unpaired) electrons. The standard InChI is InChI=1S/C28H38IN3O3.C2H2O4/c1-20-8-13-27(35-2)26(16-20)32(28(33)34)25-17-23-6-5-7-24(18-25)31(23)15-4-3-14-30-19-21-9-11-22(29)12-10-21;3-1(4)2(5)6/h8-13,16,23-25,30H,3-7,14-15,17-19H2,1-2H3,(H,33,34);(H,3,4)(H,5,6). The fourth-order valence-electron chi connectivity index (χ4n) is 5.85. The van der Waals surface area contributed by atoms with Gasteiger partial charge in [-0.15, -0.1) is 0 Å². The molecule has 2 aliphatic heterocycles. The van der Waals surface area contributed by atoms with E-state index < -0.39 is 18.0 Å². The average molecular weight is 682 g/mol. The van der Waals surface area contributed by atoms with E-state index in [2.05, 4.69) is 57.1 Å². The van der Waals surface area contributed by atoms with Gasteiger partial charge in [-0.1, -0.05) is 24.6 Å². The summed E-state index contributed by atoms with van der Waals surface area (Å²) in [4.78, 5) is 34.9. The molecule has 11 heteroatoms. The predicted octanol–water partition coefficient (Wildman–Crippen LogP) is 5.20. The van der Waals surface area contributed by atoms with E-state index in [-0.39, 0.29) is 6.04 Å². The molecule has 0 aromatic heterocycles. The molecule has 2 bridgehead atoms. The lowest BCUT2D eigenvalue weighted by molar-refractivity contribution is -0.159. The van der Waals surface area contributed by atoms with Crippen LogP contribution in [-0.2, 0) is 16.1 Å². The van der Waals surface area contributed by atoms with Gasteiger partial charge in [0.1, 0.15) is 5.75 Å². The highest BCUT2D eigenvalue weighted by molar-refractivity contribution is 14.1. The van der Waals surface area contributed by atoms with Crippen molar-refractivity contribution in [3.8, 4) is 5.75 Å². The van der Waals surface area contributed by atoms with Crippen molar-refractivity contribution in [1.29, 1.82) is 0 Å². The van der Waals surface area contributed by atoms with Gasteiger partial charge in [0.15, 0.2) is 0 Å². The van der Waals surface area contributed by atoms with Crippen LogP contribution >= 0.6 is 22.6 Å². The van der Waals surface area contributed by atoms with Crippen molar-refractivity contribution in [2.45, 2.75) is 76.5 Å². The fourth-order valence-corrected chi connectivity index (χ4v) is 6.21. The zero-order valence-electron chi connectivity index (χ0n) is 23.6. The van der Waals surface area contributed by atoms with Gasteiger partial charge in [-0.3, -0.25) is 9.80 Å². The number of methoxy groups -OCH3 is 1. The summed E-state index contributed by atoms with van der Waals surface area (Å²) in [6.07, 6.45) is 6.81. The van der Waals surface area contributed by atoms with Gasteiger partial charge in [0.05, 0.1) is 12.8 Å². The third-order valence-electron chi connectivity index (χ3n) is 7.71. The second-order valence-electron chi connectivity index (χ2n) is 10.6. The maximum absolute atomic E-state index is 12.4. The number of unbranched alkanes of at least 4 members (excludes halogenated alkanes) is 1. The molecular weight excluding hydrogens is 641 g/mol. The van der Waals surface area contributed by atoms with E-state index in [1.54, 1.807) is 12.0 Å². The van der Waals surface area contributed by atoms with E-state index in [4.69, 9.17) is 24.5 Å². The summed E-state index contributed by atoms with van der Waals surface area (Å²) >= 11 is 2.34. The summed E-state index contributed by atoms with van der Waals surface area (Å²) in [5, 5.41) is 28.5. The number of amides is 1. The number of ether oxygens (including phenoxy) is 1. The number of nitrogens with one attached hydrogen (secondary N) is 1. The topological polar surface area (TPSA) is 140 Å². The van der Waals surface area contributed by atoms with Crippen molar-refractivity contribution in [3.63, 3.8) is 0 Å². The Balaban J connectivity index is 0.000000696. The number of carboxylic acid groups (broad SMARTS) is 3. The molecule has 2 aliphatic rings. The van der Waals surface area contributed by atoms with E-state index in [0.29, 0.717) is 23.5 Å². The number of piperidine rings is 2. The van der Waals surface area contributed by atoms with Crippen LogP contribution in [0, 0.1) is 10.5 Å². The molecule has 0 aliphatic carbocycles. The van der Waals surface area contributed by atoms with Gasteiger partial charge >= 0.3 is 18.0 Å². The Morgan fingerprint density at radius 3 is 2.20 bits per heavy atom. The molecule has 2 aromatic carbocycles. The van der Waals surface area contributed by atoms with Crippen LogP contribution in [0.4, 0.5) is 10.5 Å². The van der Waals surface area contributed by atoms with Crippen LogP contribution in [0.15, 0.2) is 42.5 Å². The monoisotopic (exact) mass is 681 g/mol. The minimum absolute atomic E-state index is 0.00894. The normalized spacial score (nSPS) is 19.9. The van der Waals surface area contributed by atoms with Crippen molar-refractivity contribution in [1.82, 2.24) is 10.2 Å². The summed E-state index contributed by atoms with van der Waals surface area (Å²) in [7, 11) is 1.61. The van der Waals surface area contributed by atoms with Crippen LogP contribution in [0.2, 0.25) is 0 Å². The third-order valence-corrected chi connectivity index (χ3v) is 8.43. The molecule has 2 aromatic rings. The number of hydrogen-bond donors (Lipinski definition) is 4. The van der Waals surface area contributed by atoms with E-state index in [1.807, 2.05) is 25.1 Å². The predicted molar refractivity (Wildman–Crippen MR) is 165 cm³/mol. The number of benzene rings is 2. The zero-order chi connectivity index (χ0) is 29.9. The van der Waals surface area contributed by atoms with Crippen molar-refractivity contribution in [3.05, 3.63) is 57.2 Å². The molecule has 41 heavy (non-hydrogen) atoms. The average Bonchev–Trinajstić information content (AvgIpc) is 2.92. The Morgan fingerprint density at radius 2 is 1.63 bits per heavy atom. The van der Waals surface area contributed by atoms with E-state index in [0.717, 1.165) is 57.3 Å². The van der Waals surface area contributed by atoms with Gasteiger partial charge < -0.3 is 25.4 Å². The first-order valence-electron chi connectivity index (χ1n) is 13.9. The first kappa shape index (κ1) is 32.6. The smallest absolute Gasteiger partial charge is 0.414 e. The number of anilines is 1. The maximum atomic E-state index is 12.4. The first-order chi connectivity index (χ1) is 19.6. The molecule has 2 heterocycles. The molecular formula is C30H40IN3O7. The van der Waals surface area contributed by atoms with Crippen molar-refractivity contribution in [2.24, 2.45) is 0 Å². The number of nitrogens with zero attached hydrogens (tertiary/aromatic N) is 2. The molecule has 0 saturated carbocycles. The quantitative estimate of drug-likeness (QED) is 0.151. The van der Waals surface area contributed by atoms with E-state index in [1.165, 1.54) is 22.0 Å². The number of carboxylic acids is 2.